The lowest BCUT2D eigenvalue weighted by Gasteiger charge is -2.09. The van der Waals surface area contributed by atoms with Crippen LogP contribution in [0.25, 0.3) is 0 Å². The minimum Gasteiger partial charge on any atom is -0.478 e. The first kappa shape index (κ1) is 14.9. The fourth-order valence-electron chi connectivity index (χ4n) is 1.67. The number of aromatic carboxylic acids is 1. The van der Waals surface area contributed by atoms with Gasteiger partial charge in [0.2, 0.25) is 0 Å². The van der Waals surface area contributed by atoms with Crippen LogP contribution in [0.1, 0.15) is 20.7 Å². The molecular formula is C14H8ClF2NO3. The van der Waals surface area contributed by atoms with E-state index in [2.05, 4.69) is 5.32 Å². The molecule has 4 nitrogen and oxygen atoms in total. The Morgan fingerprint density at radius 2 is 1.76 bits per heavy atom. The highest BCUT2D eigenvalue weighted by Gasteiger charge is 2.17. The van der Waals surface area contributed by atoms with Crippen LogP contribution in [-0.4, -0.2) is 17.0 Å². The van der Waals surface area contributed by atoms with Gasteiger partial charge in [-0.15, -0.1) is 0 Å². The van der Waals surface area contributed by atoms with Crippen molar-refractivity contribution >= 4 is 29.2 Å². The quantitative estimate of drug-likeness (QED) is 0.910. The Balaban J connectivity index is 2.38. The summed E-state index contributed by atoms with van der Waals surface area (Å²) in [7, 11) is 0. The fourth-order valence-corrected chi connectivity index (χ4v) is 1.84. The maximum Gasteiger partial charge on any atom is 0.337 e. The van der Waals surface area contributed by atoms with Gasteiger partial charge in [-0.3, -0.25) is 4.79 Å². The number of carboxylic acids is 1. The van der Waals surface area contributed by atoms with E-state index in [1.54, 1.807) is 0 Å². The van der Waals surface area contributed by atoms with E-state index < -0.39 is 23.5 Å². The Bertz CT molecular complexity index is 734. The first-order valence-electron chi connectivity index (χ1n) is 5.67. The van der Waals surface area contributed by atoms with Crippen LogP contribution < -0.4 is 5.32 Å². The summed E-state index contributed by atoms with van der Waals surface area (Å²) >= 11 is 5.67. The normalized spacial score (nSPS) is 10.2. The van der Waals surface area contributed by atoms with Crippen molar-refractivity contribution in [3.8, 4) is 0 Å². The van der Waals surface area contributed by atoms with Gasteiger partial charge in [0, 0.05) is 5.02 Å². The molecule has 0 aliphatic rings. The van der Waals surface area contributed by atoms with Gasteiger partial charge in [0.15, 0.2) is 0 Å². The lowest BCUT2D eigenvalue weighted by atomic mass is 10.1. The van der Waals surface area contributed by atoms with E-state index in [9.17, 15) is 18.4 Å². The van der Waals surface area contributed by atoms with E-state index in [-0.39, 0.29) is 21.8 Å². The average molecular weight is 312 g/mol. The number of carboxylic acid groups (broad SMARTS) is 1. The molecule has 0 saturated carbocycles. The first-order valence-corrected chi connectivity index (χ1v) is 6.05. The number of carbonyl (C=O) groups excluding carboxylic acids is 1. The third kappa shape index (κ3) is 3.35. The largest absolute Gasteiger partial charge is 0.478 e. The number of hydrogen-bond acceptors (Lipinski definition) is 2. The lowest BCUT2D eigenvalue weighted by Crippen LogP contribution is -2.16. The number of hydrogen-bond donors (Lipinski definition) is 2. The average Bonchev–Trinajstić information content (AvgIpc) is 2.41. The molecule has 0 atom stereocenters. The van der Waals surface area contributed by atoms with Crippen molar-refractivity contribution in [3.63, 3.8) is 0 Å². The molecule has 0 fully saturated rings. The Morgan fingerprint density at radius 1 is 1.05 bits per heavy atom. The molecular weight excluding hydrogens is 304 g/mol. The standard InChI is InChI=1S/C14H8ClF2NO3/c15-7-1-4-11(17)10(5-7)13(19)18-12-6-8(16)2-3-9(12)14(20)21/h1-6H,(H,18,19)(H,20,21). The molecule has 2 aromatic rings. The molecule has 108 valence electrons. The predicted octanol–water partition coefficient (Wildman–Crippen LogP) is 3.57. The summed E-state index contributed by atoms with van der Waals surface area (Å²) in [5, 5.41) is 11.3. The van der Waals surface area contributed by atoms with Gasteiger partial charge in [0.05, 0.1) is 16.8 Å². The Morgan fingerprint density at radius 3 is 2.43 bits per heavy atom. The number of benzene rings is 2. The van der Waals surface area contributed by atoms with Crippen LogP contribution in [0, 0.1) is 11.6 Å². The van der Waals surface area contributed by atoms with Crippen LogP contribution >= 0.6 is 11.6 Å². The van der Waals surface area contributed by atoms with Crippen molar-refractivity contribution in [2.75, 3.05) is 5.32 Å². The zero-order chi connectivity index (χ0) is 15.6. The van der Waals surface area contributed by atoms with Crippen molar-refractivity contribution in [1.29, 1.82) is 0 Å². The summed E-state index contributed by atoms with van der Waals surface area (Å²) in [5.41, 5.74) is -0.956. The molecule has 7 heteroatoms. The van der Waals surface area contributed by atoms with E-state index in [1.165, 1.54) is 6.07 Å². The highest BCUT2D eigenvalue weighted by molar-refractivity contribution is 6.31. The van der Waals surface area contributed by atoms with Gasteiger partial charge in [0.1, 0.15) is 11.6 Å². The first-order chi connectivity index (χ1) is 9.88. The molecule has 21 heavy (non-hydrogen) atoms. The van der Waals surface area contributed by atoms with Crippen LogP contribution in [0.2, 0.25) is 5.02 Å². The molecule has 0 spiro atoms. The second kappa shape index (κ2) is 5.88. The van der Waals surface area contributed by atoms with Crippen LogP contribution in [0.5, 0.6) is 0 Å². The molecule has 2 N–H and O–H groups in total. The zero-order valence-electron chi connectivity index (χ0n) is 10.4. The molecule has 0 aliphatic carbocycles. The maximum absolute atomic E-state index is 13.6. The lowest BCUT2D eigenvalue weighted by molar-refractivity contribution is 0.0698. The second-order valence-electron chi connectivity index (χ2n) is 4.07. The summed E-state index contributed by atoms with van der Waals surface area (Å²) < 4.78 is 26.7. The topological polar surface area (TPSA) is 66.4 Å². The molecule has 0 aliphatic heterocycles. The minimum absolute atomic E-state index is 0.138. The van der Waals surface area contributed by atoms with Gasteiger partial charge in [-0.2, -0.15) is 0 Å². The molecule has 0 radical (unpaired) electrons. The van der Waals surface area contributed by atoms with Crippen LogP contribution in [-0.2, 0) is 0 Å². The smallest absolute Gasteiger partial charge is 0.337 e. The van der Waals surface area contributed by atoms with Gasteiger partial charge in [-0.05, 0) is 36.4 Å². The summed E-state index contributed by atoms with van der Waals surface area (Å²) in [4.78, 5) is 23.0. The molecule has 0 saturated heterocycles. The van der Waals surface area contributed by atoms with E-state index in [0.717, 1.165) is 30.3 Å². The SMILES string of the molecule is O=C(Nc1cc(F)ccc1C(=O)O)c1cc(Cl)ccc1F. The maximum atomic E-state index is 13.6. The highest BCUT2D eigenvalue weighted by Crippen LogP contribution is 2.20. The molecule has 0 unspecified atom stereocenters. The van der Waals surface area contributed by atoms with Gasteiger partial charge in [-0.1, -0.05) is 11.6 Å². The second-order valence-corrected chi connectivity index (χ2v) is 4.51. The summed E-state index contributed by atoms with van der Waals surface area (Å²) in [6, 6.07) is 6.13. The van der Waals surface area contributed by atoms with E-state index in [0.29, 0.717) is 0 Å². The summed E-state index contributed by atoms with van der Waals surface area (Å²) in [6.07, 6.45) is 0. The van der Waals surface area contributed by atoms with Crippen molar-refractivity contribution in [2.45, 2.75) is 0 Å². The number of halogens is 3. The van der Waals surface area contributed by atoms with Crippen molar-refractivity contribution in [3.05, 3.63) is 64.2 Å². The van der Waals surface area contributed by atoms with Gasteiger partial charge >= 0.3 is 5.97 Å². The van der Waals surface area contributed by atoms with E-state index in [1.807, 2.05) is 0 Å². The van der Waals surface area contributed by atoms with Gasteiger partial charge in [0.25, 0.3) is 5.91 Å². The van der Waals surface area contributed by atoms with E-state index in [4.69, 9.17) is 16.7 Å². The Hall–Kier alpha value is -2.47. The molecule has 0 bridgehead atoms. The number of rotatable bonds is 3. The summed E-state index contributed by atoms with van der Waals surface area (Å²) in [6.45, 7) is 0. The van der Waals surface area contributed by atoms with Crippen LogP contribution in [0.4, 0.5) is 14.5 Å². The Kier molecular flexibility index (Phi) is 4.18. The van der Waals surface area contributed by atoms with Gasteiger partial charge in [-0.25, -0.2) is 13.6 Å². The number of nitrogens with one attached hydrogen (secondary N) is 1. The summed E-state index contributed by atoms with van der Waals surface area (Å²) in [5.74, 6) is -3.84. The third-order valence-corrected chi connectivity index (χ3v) is 2.87. The van der Waals surface area contributed by atoms with E-state index >= 15 is 0 Å². The zero-order valence-corrected chi connectivity index (χ0v) is 11.1. The third-order valence-electron chi connectivity index (χ3n) is 2.63. The number of amides is 1. The molecule has 0 heterocycles. The molecule has 1 amide bonds. The highest BCUT2D eigenvalue weighted by atomic mass is 35.5. The van der Waals surface area contributed by atoms with Gasteiger partial charge < -0.3 is 10.4 Å². The monoisotopic (exact) mass is 311 g/mol. The fraction of sp³-hybridized carbons (Fsp3) is 0. The Labute approximate surface area is 123 Å². The van der Waals surface area contributed by atoms with Crippen molar-refractivity contribution < 1.29 is 23.5 Å². The minimum atomic E-state index is -1.35. The molecule has 2 rings (SSSR count). The molecule has 0 aromatic heterocycles. The van der Waals surface area contributed by atoms with Crippen LogP contribution in [0.3, 0.4) is 0 Å². The van der Waals surface area contributed by atoms with Crippen molar-refractivity contribution in [2.24, 2.45) is 0 Å². The predicted molar refractivity (Wildman–Crippen MR) is 72.7 cm³/mol. The molecule has 2 aromatic carbocycles. The number of anilines is 1. The van der Waals surface area contributed by atoms with Crippen LogP contribution in [0.15, 0.2) is 36.4 Å². The van der Waals surface area contributed by atoms with Crippen molar-refractivity contribution in [1.82, 2.24) is 0 Å². The number of carbonyl (C=O) groups is 2.